The van der Waals surface area contributed by atoms with Crippen LogP contribution >= 0.6 is 35.1 Å². The van der Waals surface area contributed by atoms with Crippen LogP contribution in [0.3, 0.4) is 0 Å². The number of nitrogens with zero attached hydrogens (tertiary/aromatic N) is 2. The van der Waals surface area contributed by atoms with E-state index in [1.807, 2.05) is 18.2 Å². The Balaban J connectivity index is 0.00000133. The Morgan fingerprint density at radius 3 is 2.84 bits per heavy atom. The molecule has 0 aliphatic heterocycles. The van der Waals surface area contributed by atoms with Crippen molar-refractivity contribution in [2.45, 2.75) is 6.42 Å². The molecule has 3 nitrogen and oxygen atoms in total. The number of anilines is 2. The Kier molecular flexibility index (Phi) is 4.90. The molecule has 0 aliphatic carbocycles. The van der Waals surface area contributed by atoms with Gasteiger partial charge < -0.3 is 5.32 Å². The highest BCUT2D eigenvalue weighted by Crippen LogP contribution is 2.21. The van der Waals surface area contributed by atoms with Crippen LogP contribution in [0.1, 0.15) is 11.3 Å². The van der Waals surface area contributed by atoms with E-state index in [9.17, 15) is 0 Å². The fraction of sp³-hybridized carbons (Fsp3) is 0.0769. The third-order valence-electron chi connectivity index (χ3n) is 2.42. The number of pyridine rings is 1. The summed E-state index contributed by atoms with van der Waals surface area (Å²) in [5, 5.41) is 10.4. The first-order valence-corrected chi connectivity index (χ1v) is 7.36. The highest BCUT2D eigenvalue weighted by molar-refractivity contribution is 7.13. The number of hydrogen-bond acceptors (Lipinski definition) is 5. The maximum absolute atomic E-state index is 4.55. The van der Waals surface area contributed by atoms with Crippen LogP contribution in [-0.4, -0.2) is 9.97 Å². The first kappa shape index (κ1) is 14.0. The zero-order valence-corrected chi connectivity index (χ0v) is 12.4. The minimum absolute atomic E-state index is 0. The number of rotatable bonds is 4. The van der Waals surface area contributed by atoms with Crippen LogP contribution in [0.4, 0.5) is 10.9 Å². The smallest absolute Gasteiger partial charge is 0.188 e. The molecule has 0 radical (unpaired) electrons. The fourth-order valence-corrected chi connectivity index (χ4v) is 2.98. The number of thiophene rings is 1. The van der Waals surface area contributed by atoms with Gasteiger partial charge in [0.25, 0.3) is 0 Å². The monoisotopic (exact) mass is 309 g/mol. The highest BCUT2D eigenvalue weighted by atomic mass is 35.5. The van der Waals surface area contributed by atoms with Gasteiger partial charge in [-0.15, -0.1) is 23.7 Å². The van der Waals surface area contributed by atoms with Crippen molar-refractivity contribution in [1.29, 1.82) is 0 Å². The van der Waals surface area contributed by atoms with E-state index >= 15 is 0 Å². The molecule has 1 N–H and O–H groups in total. The lowest BCUT2D eigenvalue weighted by Crippen LogP contribution is -1.92. The van der Waals surface area contributed by atoms with Crippen molar-refractivity contribution in [2.24, 2.45) is 0 Å². The molecule has 3 rings (SSSR count). The van der Waals surface area contributed by atoms with Crippen molar-refractivity contribution in [3.63, 3.8) is 0 Å². The summed E-state index contributed by atoms with van der Waals surface area (Å²) >= 11 is 3.33. The van der Waals surface area contributed by atoms with Crippen molar-refractivity contribution in [1.82, 2.24) is 9.97 Å². The maximum Gasteiger partial charge on any atom is 0.188 e. The van der Waals surface area contributed by atoms with Gasteiger partial charge in [0.05, 0.1) is 5.69 Å². The average Bonchev–Trinajstić information content (AvgIpc) is 3.03. The molecule has 0 fully saturated rings. The molecule has 3 aromatic rings. The van der Waals surface area contributed by atoms with E-state index in [1.165, 1.54) is 5.56 Å². The Morgan fingerprint density at radius 2 is 2.11 bits per heavy atom. The van der Waals surface area contributed by atoms with E-state index in [0.717, 1.165) is 23.1 Å². The first-order valence-electron chi connectivity index (χ1n) is 5.54. The van der Waals surface area contributed by atoms with Gasteiger partial charge in [-0.3, -0.25) is 0 Å². The molecule has 98 valence electrons. The lowest BCUT2D eigenvalue weighted by Gasteiger charge is -1.99. The summed E-state index contributed by atoms with van der Waals surface area (Å²) in [4.78, 5) is 8.77. The van der Waals surface area contributed by atoms with Gasteiger partial charge in [-0.1, -0.05) is 6.07 Å². The van der Waals surface area contributed by atoms with Gasteiger partial charge in [0, 0.05) is 18.0 Å². The minimum atomic E-state index is 0. The lowest BCUT2D eigenvalue weighted by atomic mass is 10.2. The van der Waals surface area contributed by atoms with E-state index in [4.69, 9.17) is 0 Å². The van der Waals surface area contributed by atoms with Crippen LogP contribution in [-0.2, 0) is 6.42 Å². The minimum Gasteiger partial charge on any atom is -0.316 e. The Labute approximate surface area is 125 Å². The van der Waals surface area contributed by atoms with E-state index < -0.39 is 0 Å². The standard InChI is InChI=1S/C13H11N3S2.ClH/c1-2-5-14-12(3-1)16-13-15-11(9-18-13)7-10-4-6-17-8-10;/h1-6,8-9H,7H2,(H,14,15,16);1H. The van der Waals surface area contributed by atoms with E-state index in [1.54, 1.807) is 28.9 Å². The third kappa shape index (κ3) is 3.76. The fourth-order valence-electron chi connectivity index (χ4n) is 1.59. The number of aromatic nitrogens is 2. The summed E-state index contributed by atoms with van der Waals surface area (Å²) in [6.07, 6.45) is 2.66. The van der Waals surface area contributed by atoms with E-state index in [0.29, 0.717) is 0 Å². The summed E-state index contributed by atoms with van der Waals surface area (Å²) in [6, 6.07) is 7.92. The highest BCUT2D eigenvalue weighted by Gasteiger charge is 2.04. The van der Waals surface area contributed by atoms with Gasteiger partial charge in [-0.25, -0.2) is 9.97 Å². The second kappa shape index (κ2) is 6.65. The van der Waals surface area contributed by atoms with Crippen molar-refractivity contribution < 1.29 is 0 Å². The normalized spacial score (nSPS) is 9.89. The van der Waals surface area contributed by atoms with Gasteiger partial charge in [0.15, 0.2) is 5.13 Å². The molecule has 3 aromatic heterocycles. The third-order valence-corrected chi connectivity index (χ3v) is 3.96. The number of nitrogens with one attached hydrogen (secondary N) is 1. The maximum atomic E-state index is 4.55. The molecule has 0 amide bonds. The van der Waals surface area contributed by atoms with E-state index in [2.05, 4.69) is 37.5 Å². The molecule has 0 atom stereocenters. The molecule has 0 bridgehead atoms. The van der Waals surface area contributed by atoms with Gasteiger partial charge in [0.2, 0.25) is 0 Å². The molecule has 0 unspecified atom stereocenters. The topological polar surface area (TPSA) is 37.8 Å². The van der Waals surface area contributed by atoms with Crippen molar-refractivity contribution in [2.75, 3.05) is 5.32 Å². The zero-order valence-electron chi connectivity index (χ0n) is 9.95. The second-order valence-electron chi connectivity index (χ2n) is 3.79. The zero-order chi connectivity index (χ0) is 12.2. The van der Waals surface area contributed by atoms with Crippen LogP contribution in [0.5, 0.6) is 0 Å². The van der Waals surface area contributed by atoms with E-state index in [-0.39, 0.29) is 12.4 Å². The molecule has 6 heteroatoms. The van der Waals surface area contributed by atoms with Crippen LogP contribution < -0.4 is 5.32 Å². The van der Waals surface area contributed by atoms with Gasteiger partial charge in [-0.2, -0.15) is 11.3 Å². The predicted octanol–water partition coefficient (Wildman–Crippen LogP) is 4.36. The number of thiazole rings is 1. The molecule has 0 saturated heterocycles. The van der Waals surface area contributed by atoms with Crippen molar-refractivity contribution in [3.05, 3.63) is 57.9 Å². The Hall–Kier alpha value is -1.43. The van der Waals surface area contributed by atoms with Gasteiger partial charge >= 0.3 is 0 Å². The number of halogens is 1. The molecule has 19 heavy (non-hydrogen) atoms. The first-order chi connectivity index (χ1) is 8.90. The molecule has 3 heterocycles. The summed E-state index contributed by atoms with van der Waals surface area (Å²) in [6.45, 7) is 0. The van der Waals surface area contributed by atoms with Crippen molar-refractivity contribution >= 4 is 46.0 Å². The quantitative estimate of drug-likeness (QED) is 0.778. The largest absolute Gasteiger partial charge is 0.316 e. The SMILES string of the molecule is Cl.c1ccc(Nc2nc(Cc3ccsc3)cs2)nc1. The Morgan fingerprint density at radius 1 is 1.16 bits per heavy atom. The predicted molar refractivity (Wildman–Crippen MR) is 84.0 cm³/mol. The summed E-state index contributed by atoms with van der Waals surface area (Å²) < 4.78 is 0. The van der Waals surface area contributed by atoms with Crippen molar-refractivity contribution in [3.8, 4) is 0 Å². The molecule has 0 saturated carbocycles. The van der Waals surface area contributed by atoms with Crippen LogP contribution in [0, 0.1) is 0 Å². The Bertz CT molecular complexity index is 608. The van der Waals surface area contributed by atoms with Crippen LogP contribution in [0.15, 0.2) is 46.6 Å². The van der Waals surface area contributed by atoms with Crippen LogP contribution in [0.25, 0.3) is 0 Å². The average molecular weight is 310 g/mol. The molecular formula is C13H12ClN3S2. The lowest BCUT2D eigenvalue weighted by molar-refractivity contribution is 1.11. The molecule has 0 aliphatic rings. The van der Waals surface area contributed by atoms with Gasteiger partial charge in [-0.05, 0) is 34.5 Å². The molecule has 0 spiro atoms. The second-order valence-corrected chi connectivity index (χ2v) is 5.43. The summed E-state index contributed by atoms with van der Waals surface area (Å²) in [7, 11) is 0. The molecular weight excluding hydrogens is 298 g/mol. The summed E-state index contributed by atoms with van der Waals surface area (Å²) in [5.41, 5.74) is 2.41. The van der Waals surface area contributed by atoms with Crippen LogP contribution in [0.2, 0.25) is 0 Å². The molecule has 0 aromatic carbocycles. The summed E-state index contributed by atoms with van der Waals surface area (Å²) in [5.74, 6) is 0.828. The number of hydrogen-bond donors (Lipinski definition) is 1. The van der Waals surface area contributed by atoms with Gasteiger partial charge in [0.1, 0.15) is 5.82 Å².